The molecule has 0 radical (unpaired) electrons. The molecule has 1 saturated carbocycles. The zero-order chi connectivity index (χ0) is 12.7. The first kappa shape index (κ1) is 12.4. The van der Waals surface area contributed by atoms with Crippen LogP contribution in [0.5, 0.6) is 0 Å². The minimum atomic E-state index is -0.652. The summed E-state index contributed by atoms with van der Waals surface area (Å²) in [4.78, 5) is 26.0. The molecule has 0 aromatic heterocycles. The Hall–Kier alpha value is -1.06. The van der Waals surface area contributed by atoms with Crippen molar-refractivity contribution in [2.75, 3.05) is 13.1 Å². The van der Waals surface area contributed by atoms with Crippen LogP contribution >= 0.6 is 0 Å². The molecule has 1 aliphatic carbocycles. The largest absolute Gasteiger partial charge is 0.340 e. The lowest BCUT2D eigenvalue weighted by Gasteiger charge is -2.42. The fourth-order valence-electron chi connectivity index (χ4n) is 2.60. The standard InChI is InChI=1S/C13H22N2O2/c1-4-13(5-2)11(17)15(8-10(16)14-13)9-12(3)6-7-12/h4-9H2,1-3H3,(H,14,16). The molecule has 17 heavy (non-hydrogen) atoms. The highest BCUT2D eigenvalue weighted by molar-refractivity contribution is 5.97. The molecule has 2 amide bonds. The summed E-state index contributed by atoms with van der Waals surface area (Å²) in [5.41, 5.74) is -0.388. The van der Waals surface area contributed by atoms with Crippen LogP contribution in [0.4, 0.5) is 0 Å². The molecule has 1 aliphatic heterocycles. The van der Waals surface area contributed by atoms with Gasteiger partial charge in [0.25, 0.3) is 0 Å². The molecule has 0 aromatic rings. The summed E-state index contributed by atoms with van der Waals surface area (Å²) in [5, 5.41) is 2.89. The van der Waals surface area contributed by atoms with Gasteiger partial charge in [0.05, 0.1) is 6.54 Å². The fourth-order valence-corrected chi connectivity index (χ4v) is 2.60. The van der Waals surface area contributed by atoms with E-state index in [1.807, 2.05) is 13.8 Å². The summed E-state index contributed by atoms with van der Waals surface area (Å²) in [5.74, 6) is 0.0905. The van der Waals surface area contributed by atoms with E-state index in [0.29, 0.717) is 12.8 Å². The van der Waals surface area contributed by atoms with E-state index in [1.54, 1.807) is 4.90 Å². The highest BCUT2D eigenvalue weighted by atomic mass is 16.2. The number of rotatable bonds is 4. The minimum absolute atomic E-state index is 0.0162. The molecule has 1 heterocycles. The molecule has 2 fully saturated rings. The van der Waals surface area contributed by atoms with Gasteiger partial charge in [-0.25, -0.2) is 0 Å². The van der Waals surface area contributed by atoms with Gasteiger partial charge in [-0.3, -0.25) is 9.59 Å². The number of nitrogens with one attached hydrogen (secondary N) is 1. The van der Waals surface area contributed by atoms with Crippen molar-refractivity contribution < 1.29 is 9.59 Å². The molecular weight excluding hydrogens is 216 g/mol. The molecule has 0 atom stereocenters. The lowest BCUT2D eigenvalue weighted by Crippen LogP contribution is -2.66. The Kier molecular flexibility index (Phi) is 2.92. The van der Waals surface area contributed by atoms with E-state index in [9.17, 15) is 9.59 Å². The Labute approximate surface area is 103 Å². The first-order valence-electron chi connectivity index (χ1n) is 6.55. The second kappa shape index (κ2) is 4.00. The maximum atomic E-state index is 12.5. The highest BCUT2D eigenvalue weighted by Gasteiger charge is 2.48. The lowest BCUT2D eigenvalue weighted by molar-refractivity contribution is -0.151. The second-order valence-electron chi connectivity index (χ2n) is 5.81. The molecule has 2 rings (SSSR count). The molecule has 0 bridgehead atoms. The Morgan fingerprint density at radius 3 is 2.29 bits per heavy atom. The van der Waals surface area contributed by atoms with Crippen LogP contribution in [-0.2, 0) is 9.59 Å². The van der Waals surface area contributed by atoms with Crippen LogP contribution in [0, 0.1) is 5.41 Å². The van der Waals surface area contributed by atoms with Crippen LogP contribution in [0.2, 0.25) is 0 Å². The van der Waals surface area contributed by atoms with Crippen molar-refractivity contribution in [2.24, 2.45) is 5.41 Å². The number of carbonyl (C=O) groups excluding carboxylic acids is 2. The van der Waals surface area contributed by atoms with Crippen LogP contribution in [-0.4, -0.2) is 35.3 Å². The van der Waals surface area contributed by atoms with E-state index in [2.05, 4.69) is 12.2 Å². The number of hydrogen-bond acceptors (Lipinski definition) is 2. The van der Waals surface area contributed by atoms with E-state index in [0.717, 1.165) is 6.54 Å². The van der Waals surface area contributed by atoms with Crippen molar-refractivity contribution in [2.45, 2.75) is 52.0 Å². The molecule has 4 nitrogen and oxygen atoms in total. The number of piperazine rings is 1. The molecule has 0 spiro atoms. The Morgan fingerprint density at radius 2 is 1.82 bits per heavy atom. The Bertz CT molecular complexity index is 343. The van der Waals surface area contributed by atoms with Gasteiger partial charge < -0.3 is 10.2 Å². The van der Waals surface area contributed by atoms with Crippen molar-refractivity contribution in [1.82, 2.24) is 10.2 Å². The number of amides is 2. The van der Waals surface area contributed by atoms with Gasteiger partial charge in [0, 0.05) is 6.54 Å². The molecule has 96 valence electrons. The van der Waals surface area contributed by atoms with Gasteiger partial charge in [-0.05, 0) is 31.1 Å². The van der Waals surface area contributed by atoms with Crippen LogP contribution in [0.25, 0.3) is 0 Å². The summed E-state index contributed by atoms with van der Waals surface area (Å²) >= 11 is 0. The third-order valence-electron chi connectivity index (χ3n) is 4.29. The maximum absolute atomic E-state index is 12.5. The average Bonchev–Trinajstić information content (AvgIpc) is 3.01. The SMILES string of the molecule is CCC1(CC)NC(=O)CN(CC2(C)CC2)C1=O. The van der Waals surface area contributed by atoms with E-state index < -0.39 is 5.54 Å². The Morgan fingerprint density at radius 1 is 1.24 bits per heavy atom. The van der Waals surface area contributed by atoms with Crippen molar-refractivity contribution >= 4 is 11.8 Å². The summed E-state index contributed by atoms with van der Waals surface area (Å²) < 4.78 is 0. The van der Waals surface area contributed by atoms with E-state index in [-0.39, 0.29) is 23.8 Å². The van der Waals surface area contributed by atoms with E-state index in [1.165, 1.54) is 12.8 Å². The first-order valence-corrected chi connectivity index (χ1v) is 6.55. The van der Waals surface area contributed by atoms with Crippen LogP contribution in [0.15, 0.2) is 0 Å². The molecular formula is C13H22N2O2. The summed E-state index contributed by atoms with van der Waals surface area (Å²) in [6.45, 7) is 7.08. The number of carbonyl (C=O) groups is 2. The summed E-state index contributed by atoms with van der Waals surface area (Å²) in [6, 6.07) is 0. The van der Waals surface area contributed by atoms with Crippen LogP contribution in [0.3, 0.4) is 0 Å². The third kappa shape index (κ3) is 2.17. The molecule has 2 aliphatic rings. The van der Waals surface area contributed by atoms with Gasteiger partial charge in [0.1, 0.15) is 5.54 Å². The average molecular weight is 238 g/mol. The van der Waals surface area contributed by atoms with Gasteiger partial charge in [0.15, 0.2) is 0 Å². The third-order valence-corrected chi connectivity index (χ3v) is 4.29. The van der Waals surface area contributed by atoms with Crippen LogP contribution in [0.1, 0.15) is 46.5 Å². The molecule has 1 saturated heterocycles. The van der Waals surface area contributed by atoms with Crippen LogP contribution < -0.4 is 5.32 Å². The predicted molar refractivity (Wildman–Crippen MR) is 65.4 cm³/mol. The van der Waals surface area contributed by atoms with Crippen molar-refractivity contribution in [3.8, 4) is 0 Å². The van der Waals surface area contributed by atoms with Gasteiger partial charge in [-0.2, -0.15) is 0 Å². The monoisotopic (exact) mass is 238 g/mol. The highest BCUT2D eigenvalue weighted by Crippen LogP contribution is 2.46. The topological polar surface area (TPSA) is 49.4 Å². The molecule has 0 unspecified atom stereocenters. The van der Waals surface area contributed by atoms with E-state index >= 15 is 0 Å². The Balaban J connectivity index is 2.16. The number of hydrogen-bond donors (Lipinski definition) is 1. The number of nitrogens with zero attached hydrogens (tertiary/aromatic N) is 1. The van der Waals surface area contributed by atoms with E-state index in [4.69, 9.17) is 0 Å². The molecule has 4 heteroatoms. The zero-order valence-corrected chi connectivity index (χ0v) is 11.0. The smallest absolute Gasteiger partial charge is 0.248 e. The van der Waals surface area contributed by atoms with Gasteiger partial charge in [-0.15, -0.1) is 0 Å². The summed E-state index contributed by atoms with van der Waals surface area (Å²) in [6.07, 6.45) is 3.68. The second-order valence-corrected chi connectivity index (χ2v) is 5.81. The van der Waals surface area contributed by atoms with Gasteiger partial charge in [0.2, 0.25) is 11.8 Å². The van der Waals surface area contributed by atoms with Crippen molar-refractivity contribution in [1.29, 1.82) is 0 Å². The minimum Gasteiger partial charge on any atom is -0.340 e. The molecule has 0 aromatic carbocycles. The normalized spacial score (nSPS) is 25.7. The van der Waals surface area contributed by atoms with Gasteiger partial charge >= 0.3 is 0 Å². The predicted octanol–water partition coefficient (Wildman–Crippen LogP) is 1.30. The first-order chi connectivity index (χ1) is 7.95. The fraction of sp³-hybridized carbons (Fsp3) is 0.846. The zero-order valence-electron chi connectivity index (χ0n) is 11.0. The summed E-state index contributed by atoms with van der Waals surface area (Å²) in [7, 11) is 0. The van der Waals surface area contributed by atoms with Gasteiger partial charge in [-0.1, -0.05) is 20.8 Å². The maximum Gasteiger partial charge on any atom is 0.248 e. The lowest BCUT2D eigenvalue weighted by atomic mass is 9.88. The van der Waals surface area contributed by atoms with Crippen molar-refractivity contribution in [3.05, 3.63) is 0 Å². The van der Waals surface area contributed by atoms with Crippen molar-refractivity contribution in [3.63, 3.8) is 0 Å². The quantitative estimate of drug-likeness (QED) is 0.802. The molecule has 1 N–H and O–H groups in total.